The van der Waals surface area contributed by atoms with Crippen molar-refractivity contribution in [1.29, 1.82) is 0 Å². The van der Waals surface area contributed by atoms with Crippen LogP contribution in [0.3, 0.4) is 0 Å². The van der Waals surface area contributed by atoms with Crippen molar-refractivity contribution in [3.8, 4) is 0 Å². The van der Waals surface area contributed by atoms with E-state index in [1.54, 1.807) is 0 Å². The van der Waals surface area contributed by atoms with Crippen molar-refractivity contribution < 1.29 is 4.74 Å². The standard InChI is InChI=1S/C12H19ClN2O/c1-15-9-11(13)6-12(15)8-14-7-10-2-4-16-5-3-10/h6,9-10,14H,2-5,7-8H2,1H3. The second-order valence-corrected chi connectivity index (χ2v) is 4.88. The fraction of sp³-hybridized carbons (Fsp3) is 0.667. The van der Waals surface area contributed by atoms with Crippen LogP contribution in [-0.4, -0.2) is 24.3 Å². The highest BCUT2D eigenvalue weighted by Gasteiger charge is 2.13. The highest BCUT2D eigenvalue weighted by molar-refractivity contribution is 6.30. The number of rotatable bonds is 4. The van der Waals surface area contributed by atoms with Gasteiger partial charge < -0.3 is 14.6 Å². The van der Waals surface area contributed by atoms with Gasteiger partial charge in [-0.05, 0) is 31.4 Å². The first-order chi connectivity index (χ1) is 7.75. The summed E-state index contributed by atoms with van der Waals surface area (Å²) in [5, 5.41) is 4.30. The molecular formula is C12H19ClN2O. The monoisotopic (exact) mass is 242 g/mol. The number of hydrogen-bond acceptors (Lipinski definition) is 2. The number of halogens is 1. The number of nitrogens with one attached hydrogen (secondary N) is 1. The van der Waals surface area contributed by atoms with Crippen LogP contribution in [0.25, 0.3) is 0 Å². The lowest BCUT2D eigenvalue weighted by Gasteiger charge is -2.22. The van der Waals surface area contributed by atoms with E-state index in [-0.39, 0.29) is 0 Å². The van der Waals surface area contributed by atoms with Crippen LogP contribution in [-0.2, 0) is 18.3 Å². The molecule has 0 atom stereocenters. The molecule has 1 aliphatic heterocycles. The molecule has 0 saturated carbocycles. The molecule has 16 heavy (non-hydrogen) atoms. The van der Waals surface area contributed by atoms with Crippen LogP contribution >= 0.6 is 11.6 Å². The Bertz CT molecular complexity index is 332. The van der Waals surface area contributed by atoms with E-state index in [1.165, 1.54) is 18.5 Å². The Morgan fingerprint density at radius 3 is 2.88 bits per heavy atom. The molecular weight excluding hydrogens is 224 g/mol. The van der Waals surface area contributed by atoms with E-state index in [0.29, 0.717) is 0 Å². The second kappa shape index (κ2) is 5.71. The maximum atomic E-state index is 5.93. The summed E-state index contributed by atoms with van der Waals surface area (Å²) in [7, 11) is 2.03. The van der Waals surface area contributed by atoms with E-state index in [9.17, 15) is 0 Å². The van der Waals surface area contributed by atoms with Crippen LogP contribution in [0.5, 0.6) is 0 Å². The lowest BCUT2D eigenvalue weighted by atomic mass is 10.0. The third-order valence-electron chi connectivity index (χ3n) is 3.15. The van der Waals surface area contributed by atoms with Gasteiger partial charge in [0.2, 0.25) is 0 Å². The highest BCUT2D eigenvalue weighted by atomic mass is 35.5. The number of nitrogens with zero attached hydrogens (tertiary/aromatic N) is 1. The summed E-state index contributed by atoms with van der Waals surface area (Å²) in [5.41, 5.74) is 1.23. The first-order valence-corrected chi connectivity index (χ1v) is 6.22. The summed E-state index contributed by atoms with van der Waals surface area (Å²) in [6.07, 6.45) is 4.30. The van der Waals surface area contributed by atoms with Crippen LogP contribution in [0, 0.1) is 5.92 Å². The molecule has 1 aromatic heterocycles. The van der Waals surface area contributed by atoms with E-state index in [0.717, 1.165) is 37.2 Å². The minimum atomic E-state index is 0.768. The Labute approximate surface area is 102 Å². The molecule has 2 heterocycles. The SMILES string of the molecule is Cn1cc(Cl)cc1CNCC1CCOCC1. The molecule has 0 unspecified atom stereocenters. The van der Waals surface area contributed by atoms with Crippen LogP contribution in [0.2, 0.25) is 5.02 Å². The molecule has 0 amide bonds. The number of aryl methyl sites for hydroxylation is 1. The third kappa shape index (κ3) is 3.24. The van der Waals surface area contributed by atoms with Gasteiger partial charge in [-0.3, -0.25) is 0 Å². The summed E-state index contributed by atoms with van der Waals surface area (Å²) >= 11 is 5.93. The van der Waals surface area contributed by atoms with Gasteiger partial charge in [-0.25, -0.2) is 0 Å². The summed E-state index contributed by atoms with van der Waals surface area (Å²) in [5.74, 6) is 0.768. The molecule has 0 radical (unpaired) electrons. The molecule has 2 rings (SSSR count). The Kier molecular flexibility index (Phi) is 4.27. The lowest BCUT2D eigenvalue weighted by Crippen LogP contribution is -2.27. The van der Waals surface area contributed by atoms with E-state index in [4.69, 9.17) is 16.3 Å². The fourth-order valence-corrected chi connectivity index (χ4v) is 2.37. The molecule has 1 fully saturated rings. The number of ether oxygens (including phenoxy) is 1. The van der Waals surface area contributed by atoms with E-state index in [2.05, 4.69) is 9.88 Å². The Hall–Kier alpha value is -0.510. The highest BCUT2D eigenvalue weighted by Crippen LogP contribution is 2.15. The van der Waals surface area contributed by atoms with Crippen LogP contribution in [0.15, 0.2) is 12.3 Å². The van der Waals surface area contributed by atoms with Crippen molar-refractivity contribution in [3.05, 3.63) is 23.0 Å². The van der Waals surface area contributed by atoms with Gasteiger partial charge >= 0.3 is 0 Å². The zero-order chi connectivity index (χ0) is 11.4. The predicted octanol–water partition coefficient (Wildman–Crippen LogP) is 2.19. The molecule has 0 aliphatic carbocycles. The van der Waals surface area contributed by atoms with Crippen molar-refractivity contribution in [2.45, 2.75) is 19.4 Å². The fourth-order valence-electron chi connectivity index (χ4n) is 2.10. The summed E-state index contributed by atoms with van der Waals surface area (Å²) in [6.45, 7) is 3.80. The topological polar surface area (TPSA) is 26.2 Å². The van der Waals surface area contributed by atoms with Crippen LogP contribution < -0.4 is 5.32 Å². The molecule has 0 bridgehead atoms. The number of hydrogen-bond donors (Lipinski definition) is 1. The van der Waals surface area contributed by atoms with Gasteiger partial charge in [0.05, 0.1) is 5.02 Å². The Morgan fingerprint density at radius 1 is 1.50 bits per heavy atom. The zero-order valence-corrected chi connectivity index (χ0v) is 10.5. The quantitative estimate of drug-likeness (QED) is 0.876. The molecule has 1 N–H and O–H groups in total. The summed E-state index contributed by atoms with van der Waals surface area (Å²) in [4.78, 5) is 0. The normalized spacial score (nSPS) is 17.9. The van der Waals surface area contributed by atoms with Crippen molar-refractivity contribution in [2.75, 3.05) is 19.8 Å². The molecule has 1 aromatic rings. The van der Waals surface area contributed by atoms with Gasteiger partial charge in [-0.2, -0.15) is 0 Å². The van der Waals surface area contributed by atoms with Crippen molar-refractivity contribution in [1.82, 2.24) is 9.88 Å². The van der Waals surface area contributed by atoms with Gasteiger partial charge in [0.1, 0.15) is 0 Å². The van der Waals surface area contributed by atoms with Gasteiger partial charge in [0, 0.05) is 38.7 Å². The molecule has 1 saturated heterocycles. The first kappa shape index (κ1) is 12.0. The van der Waals surface area contributed by atoms with Gasteiger partial charge in [-0.1, -0.05) is 11.6 Å². The van der Waals surface area contributed by atoms with Crippen LogP contribution in [0.4, 0.5) is 0 Å². The predicted molar refractivity (Wildman–Crippen MR) is 65.7 cm³/mol. The maximum absolute atomic E-state index is 5.93. The first-order valence-electron chi connectivity index (χ1n) is 5.85. The lowest BCUT2D eigenvalue weighted by molar-refractivity contribution is 0.0662. The largest absolute Gasteiger partial charge is 0.381 e. The van der Waals surface area contributed by atoms with Crippen molar-refractivity contribution >= 4 is 11.6 Å². The van der Waals surface area contributed by atoms with Crippen molar-refractivity contribution in [3.63, 3.8) is 0 Å². The summed E-state index contributed by atoms with van der Waals surface area (Å²) < 4.78 is 7.41. The number of aromatic nitrogens is 1. The smallest absolute Gasteiger partial charge is 0.0585 e. The molecule has 0 spiro atoms. The van der Waals surface area contributed by atoms with Gasteiger partial charge in [0.25, 0.3) is 0 Å². The summed E-state index contributed by atoms with van der Waals surface area (Å²) in [6, 6.07) is 2.01. The third-order valence-corrected chi connectivity index (χ3v) is 3.36. The van der Waals surface area contributed by atoms with E-state index >= 15 is 0 Å². The molecule has 90 valence electrons. The Morgan fingerprint density at radius 2 is 2.25 bits per heavy atom. The molecule has 3 nitrogen and oxygen atoms in total. The second-order valence-electron chi connectivity index (χ2n) is 4.45. The van der Waals surface area contributed by atoms with Gasteiger partial charge in [-0.15, -0.1) is 0 Å². The minimum Gasteiger partial charge on any atom is -0.381 e. The molecule has 4 heteroatoms. The van der Waals surface area contributed by atoms with Crippen molar-refractivity contribution in [2.24, 2.45) is 13.0 Å². The molecule has 1 aliphatic rings. The molecule has 0 aromatic carbocycles. The average Bonchev–Trinajstić information content (AvgIpc) is 2.59. The Balaban J connectivity index is 1.73. The maximum Gasteiger partial charge on any atom is 0.0585 e. The zero-order valence-electron chi connectivity index (χ0n) is 9.71. The van der Waals surface area contributed by atoms with Crippen LogP contribution in [0.1, 0.15) is 18.5 Å². The van der Waals surface area contributed by atoms with E-state index < -0.39 is 0 Å². The minimum absolute atomic E-state index is 0.768. The average molecular weight is 243 g/mol. The van der Waals surface area contributed by atoms with Gasteiger partial charge in [0.15, 0.2) is 0 Å². The van der Waals surface area contributed by atoms with E-state index in [1.807, 2.05) is 19.3 Å².